The van der Waals surface area contributed by atoms with Crippen molar-refractivity contribution in [1.82, 2.24) is 10.6 Å². The van der Waals surface area contributed by atoms with E-state index in [0.29, 0.717) is 26.2 Å². The highest BCUT2D eigenvalue weighted by atomic mass is 16.5. The fourth-order valence-corrected chi connectivity index (χ4v) is 1.69. The Kier molecular flexibility index (Phi) is 7.35. The molecular formula is C15H22N2O3. The van der Waals surface area contributed by atoms with Gasteiger partial charge < -0.3 is 15.4 Å². The first-order chi connectivity index (χ1) is 9.65. The SMILES string of the molecule is CCOCCCNC(=O)C(=O)NC(C)c1ccccc1. The van der Waals surface area contributed by atoms with E-state index in [0.717, 1.165) is 5.56 Å². The number of hydrogen-bond acceptors (Lipinski definition) is 3. The lowest BCUT2D eigenvalue weighted by molar-refractivity contribution is -0.139. The summed E-state index contributed by atoms with van der Waals surface area (Å²) in [6, 6.07) is 9.31. The van der Waals surface area contributed by atoms with E-state index in [1.807, 2.05) is 44.2 Å². The Morgan fingerprint density at radius 2 is 1.90 bits per heavy atom. The van der Waals surface area contributed by atoms with Crippen molar-refractivity contribution in [1.29, 1.82) is 0 Å². The van der Waals surface area contributed by atoms with Crippen LogP contribution >= 0.6 is 0 Å². The molecule has 0 saturated heterocycles. The first kappa shape index (κ1) is 16.2. The van der Waals surface area contributed by atoms with Gasteiger partial charge in [-0.05, 0) is 25.8 Å². The zero-order valence-electron chi connectivity index (χ0n) is 12.0. The standard InChI is InChI=1S/C15H22N2O3/c1-3-20-11-7-10-16-14(18)15(19)17-12(2)13-8-5-4-6-9-13/h4-6,8-9,12H,3,7,10-11H2,1-2H3,(H,16,18)(H,17,19). The number of nitrogens with one attached hydrogen (secondary N) is 2. The van der Waals surface area contributed by atoms with Crippen LogP contribution in [0.3, 0.4) is 0 Å². The summed E-state index contributed by atoms with van der Waals surface area (Å²) in [5.41, 5.74) is 0.963. The molecule has 5 nitrogen and oxygen atoms in total. The molecule has 1 aromatic carbocycles. The Morgan fingerprint density at radius 1 is 1.20 bits per heavy atom. The first-order valence-corrected chi connectivity index (χ1v) is 6.86. The van der Waals surface area contributed by atoms with Gasteiger partial charge in [-0.3, -0.25) is 9.59 Å². The molecule has 20 heavy (non-hydrogen) atoms. The highest BCUT2D eigenvalue weighted by molar-refractivity contribution is 6.35. The smallest absolute Gasteiger partial charge is 0.309 e. The molecule has 5 heteroatoms. The summed E-state index contributed by atoms with van der Waals surface area (Å²) < 4.78 is 5.15. The van der Waals surface area contributed by atoms with Crippen LogP contribution < -0.4 is 10.6 Å². The van der Waals surface area contributed by atoms with Crippen LogP contribution in [0.1, 0.15) is 31.9 Å². The van der Waals surface area contributed by atoms with Gasteiger partial charge in [0.1, 0.15) is 0 Å². The molecule has 1 atom stereocenters. The van der Waals surface area contributed by atoms with Crippen LogP contribution in [0.4, 0.5) is 0 Å². The zero-order chi connectivity index (χ0) is 14.8. The molecule has 0 aliphatic rings. The average molecular weight is 278 g/mol. The molecule has 0 spiro atoms. The van der Waals surface area contributed by atoms with E-state index in [-0.39, 0.29) is 6.04 Å². The summed E-state index contributed by atoms with van der Waals surface area (Å²) in [7, 11) is 0. The molecule has 1 rings (SSSR count). The molecule has 2 amide bonds. The fraction of sp³-hybridized carbons (Fsp3) is 0.467. The molecule has 0 radical (unpaired) electrons. The summed E-state index contributed by atoms with van der Waals surface area (Å²) in [5.74, 6) is -1.22. The van der Waals surface area contributed by atoms with Gasteiger partial charge in [-0.25, -0.2) is 0 Å². The Bertz CT molecular complexity index is 420. The van der Waals surface area contributed by atoms with E-state index in [1.54, 1.807) is 0 Å². The van der Waals surface area contributed by atoms with Crippen molar-refractivity contribution in [3.05, 3.63) is 35.9 Å². The topological polar surface area (TPSA) is 67.4 Å². The third-order valence-electron chi connectivity index (χ3n) is 2.81. The van der Waals surface area contributed by atoms with Gasteiger partial charge in [-0.2, -0.15) is 0 Å². The highest BCUT2D eigenvalue weighted by Crippen LogP contribution is 2.10. The van der Waals surface area contributed by atoms with Crippen molar-refractivity contribution in [3.63, 3.8) is 0 Å². The predicted octanol–water partition coefficient (Wildman–Crippen LogP) is 1.41. The summed E-state index contributed by atoms with van der Waals surface area (Å²) in [6.07, 6.45) is 0.696. The molecule has 0 aliphatic heterocycles. The van der Waals surface area contributed by atoms with E-state index < -0.39 is 11.8 Å². The molecule has 0 bridgehead atoms. The maximum Gasteiger partial charge on any atom is 0.309 e. The quantitative estimate of drug-likeness (QED) is 0.585. The predicted molar refractivity (Wildman–Crippen MR) is 77.1 cm³/mol. The second kappa shape index (κ2) is 9.09. The highest BCUT2D eigenvalue weighted by Gasteiger charge is 2.16. The first-order valence-electron chi connectivity index (χ1n) is 6.86. The van der Waals surface area contributed by atoms with Crippen molar-refractivity contribution >= 4 is 11.8 Å². The fourth-order valence-electron chi connectivity index (χ4n) is 1.69. The Hall–Kier alpha value is -1.88. The Balaban J connectivity index is 2.29. The van der Waals surface area contributed by atoms with Crippen LogP contribution in [0.2, 0.25) is 0 Å². The third-order valence-corrected chi connectivity index (χ3v) is 2.81. The van der Waals surface area contributed by atoms with E-state index in [2.05, 4.69) is 10.6 Å². The van der Waals surface area contributed by atoms with Gasteiger partial charge in [-0.1, -0.05) is 30.3 Å². The molecule has 1 unspecified atom stereocenters. The monoisotopic (exact) mass is 278 g/mol. The second-order valence-electron chi connectivity index (χ2n) is 4.41. The van der Waals surface area contributed by atoms with E-state index in [4.69, 9.17) is 4.74 Å². The van der Waals surface area contributed by atoms with Crippen LogP contribution in [0, 0.1) is 0 Å². The van der Waals surface area contributed by atoms with Gasteiger partial charge in [0, 0.05) is 19.8 Å². The lowest BCUT2D eigenvalue weighted by Gasteiger charge is -2.14. The summed E-state index contributed by atoms with van der Waals surface area (Å²) >= 11 is 0. The third kappa shape index (κ3) is 5.84. The summed E-state index contributed by atoms with van der Waals surface area (Å²) in [6.45, 7) is 5.43. The number of ether oxygens (including phenoxy) is 1. The van der Waals surface area contributed by atoms with Crippen LogP contribution in [0.5, 0.6) is 0 Å². The molecule has 0 fully saturated rings. The zero-order valence-corrected chi connectivity index (χ0v) is 12.0. The second-order valence-corrected chi connectivity index (χ2v) is 4.41. The molecule has 0 heterocycles. The molecule has 0 saturated carbocycles. The number of hydrogen-bond donors (Lipinski definition) is 2. The van der Waals surface area contributed by atoms with Crippen molar-refractivity contribution < 1.29 is 14.3 Å². The molecule has 1 aromatic rings. The molecular weight excluding hydrogens is 256 g/mol. The Morgan fingerprint density at radius 3 is 2.55 bits per heavy atom. The van der Waals surface area contributed by atoms with Gasteiger partial charge in [0.05, 0.1) is 6.04 Å². The molecule has 0 aliphatic carbocycles. The van der Waals surface area contributed by atoms with Gasteiger partial charge >= 0.3 is 11.8 Å². The summed E-state index contributed by atoms with van der Waals surface area (Å²) in [5, 5.41) is 5.23. The van der Waals surface area contributed by atoms with E-state index >= 15 is 0 Å². The average Bonchev–Trinajstić information content (AvgIpc) is 2.47. The lowest BCUT2D eigenvalue weighted by atomic mass is 10.1. The summed E-state index contributed by atoms with van der Waals surface area (Å²) in [4.78, 5) is 23.3. The van der Waals surface area contributed by atoms with Gasteiger partial charge in [0.2, 0.25) is 0 Å². The van der Waals surface area contributed by atoms with Crippen LogP contribution in [0.15, 0.2) is 30.3 Å². The van der Waals surface area contributed by atoms with E-state index in [1.165, 1.54) is 0 Å². The molecule has 110 valence electrons. The normalized spacial score (nSPS) is 11.7. The number of amides is 2. The lowest BCUT2D eigenvalue weighted by Crippen LogP contribution is -2.41. The van der Waals surface area contributed by atoms with Crippen molar-refractivity contribution in [2.24, 2.45) is 0 Å². The van der Waals surface area contributed by atoms with Crippen molar-refractivity contribution in [3.8, 4) is 0 Å². The molecule has 2 N–H and O–H groups in total. The number of benzene rings is 1. The largest absolute Gasteiger partial charge is 0.382 e. The maximum atomic E-state index is 11.7. The number of carbonyl (C=O) groups is 2. The van der Waals surface area contributed by atoms with E-state index in [9.17, 15) is 9.59 Å². The van der Waals surface area contributed by atoms with Gasteiger partial charge in [0.25, 0.3) is 0 Å². The van der Waals surface area contributed by atoms with Crippen LogP contribution in [0.25, 0.3) is 0 Å². The minimum absolute atomic E-state index is 0.196. The van der Waals surface area contributed by atoms with Crippen molar-refractivity contribution in [2.45, 2.75) is 26.3 Å². The minimum atomic E-state index is -0.613. The van der Waals surface area contributed by atoms with Crippen LogP contribution in [-0.4, -0.2) is 31.6 Å². The maximum absolute atomic E-state index is 11.7. The van der Waals surface area contributed by atoms with Crippen molar-refractivity contribution in [2.75, 3.05) is 19.8 Å². The molecule has 0 aromatic heterocycles. The number of rotatable bonds is 7. The Labute approximate surface area is 119 Å². The van der Waals surface area contributed by atoms with Gasteiger partial charge in [-0.15, -0.1) is 0 Å². The van der Waals surface area contributed by atoms with Crippen LogP contribution in [-0.2, 0) is 14.3 Å². The number of carbonyl (C=O) groups excluding carboxylic acids is 2. The minimum Gasteiger partial charge on any atom is -0.382 e. The van der Waals surface area contributed by atoms with Gasteiger partial charge in [0.15, 0.2) is 0 Å².